The second kappa shape index (κ2) is 5.29. The van der Waals surface area contributed by atoms with E-state index in [9.17, 15) is 9.90 Å². The first-order valence-corrected chi connectivity index (χ1v) is 7.33. The van der Waals surface area contributed by atoms with E-state index in [1.54, 1.807) is 11.8 Å². The number of aromatic nitrogens is 4. The van der Waals surface area contributed by atoms with Gasteiger partial charge in [-0.3, -0.25) is 4.79 Å². The average Bonchev–Trinajstić information content (AvgIpc) is 3.17. The van der Waals surface area contributed by atoms with Crippen LogP contribution >= 0.6 is 11.3 Å². The van der Waals surface area contributed by atoms with E-state index in [1.165, 1.54) is 22.3 Å². The summed E-state index contributed by atoms with van der Waals surface area (Å²) in [7, 11) is 0. The largest absolute Gasteiger partial charge is 0.393 e. The molecule has 8 heteroatoms. The third-order valence-corrected chi connectivity index (χ3v) is 4.52. The van der Waals surface area contributed by atoms with E-state index in [0.29, 0.717) is 23.7 Å². The minimum atomic E-state index is -0.380. The summed E-state index contributed by atoms with van der Waals surface area (Å²) in [5.41, 5.74) is 0.700. The number of carbonyl (C=O) groups is 1. The zero-order valence-electron chi connectivity index (χ0n) is 11.0. The number of rotatable bonds is 3. The lowest BCUT2D eigenvalue weighted by Gasteiger charge is -2.17. The maximum absolute atomic E-state index is 12.6. The average molecular weight is 293 g/mol. The summed E-state index contributed by atoms with van der Waals surface area (Å²) in [6.45, 7) is 3.06. The van der Waals surface area contributed by atoms with Gasteiger partial charge in [-0.2, -0.15) is 4.68 Å². The number of tetrazole rings is 1. The summed E-state index contributed by atoms with van der Waals surface area (Å²) in [5, 5.41) is 22.5. The molecule has 0 spiro atoms. The van der Waals surface area contributed by atoms with Gasteiger partial charge >= 0.3 is 0 Å². The molecule has 20 heavy (non-hydrogen) atoms. The van der Waals surface area contributed by atoms with Gasteiger partial charge in [-0.15, -0.1) is 16.4 Å². The highest BCUT2D eigenvalue weighted by molar-refractivity contribution is 7.12. The van der Waals surface area contributed by atoms with Gasteiger partial charge < -0.3 is 10.0 Å². The zero-order chi connectivity index (χ0) is 14.1. The molecule has 0 bridgehead atoms. The van der Waals surface area contributed by atoms with E-state index in [-0.39, 0.29) is 17.9 Å². The van der Waals surface area contributed by atoms with Gasteiger partial charge in [0.25, 0.3) is 5.91 Å². The fourth-order valence-electron chi connectivity index (χ4n) is 2.42. The molecule has 1 aliphatic rings. The first kappa shape index (κ1) is 13.2. The highest BCUT2D eigenvalue weighted by Gasteiger charge is 2.31. The molecular weight excluding hydrogens is 278 g/mol. The van der Waals surface area contributed by atoms with Crippen LogP contribution in [0.5, 0.6) is 0 Å². The number of aliphatic hydroxyl groups is 1. The van der Waals surface area contributed by atoms with Crippen molar-refractivity contribution in [1.82, 2.24) is 25.1 Å². The van der Waals surface area contributed by atoms with Gasteiger partial charge in [-0.1, -0.05) is 0 Å². The third-order valence-electron chi connectivity index (χ3n) is 3.63. The SMILES string of the molecule is CC(O)C1CCN(C(=O)c2sccc2-n2cnnn2)C1. The van der Waals surface area contributed by atoms with Crippen LogP contribution in [0.4, 0.5) is 0 Å². The van der Waals surface area contributed by atoms with Crippen molar-refractivity contribution in [2.45, 2.75) is 19.4 Å². The van der Waals surface area contributed by atoms with Crippen molar-refractivity contribution in [2.75, 3.05) is 13.1 Å². The molecule has 1 fully saturated rings. The Balaban J connectivity index is 1.81. The molecule has 2 atom stereocenters. The summed E-state index contributed by atoms with van der Waals surface area (Å²) in [6, 6.07) is 1.83. The Morgan fingerprint density at radius 3 is 3.10 bits per heavy atom. The monoisotopic (exact) mass is 293 g/mol. The number of hydrogen-bond acceptors (Lipinski definition) is 6. The molecule has 0 radical (unpaired) electrons. The summed E-state index contributed by atoms with van der Waals surface area (Å²) in [6.07, 6.45) is 1.94. The van der Waals surface area contributed by atoms with Gasteiger partial charge in [0.15, 0.2) is 0 Å². The predicted octanol–water partition coefficient (Wildman–Crippen LogP) is 0.567. The lowest BCUT2D eigenvalue weighted by Crippen LogP contribution is -2.30. The first-order chi connectivity index (χ1) is 9.66. The molecule has 1 N–H and O–H groups in total. The smallest absolute Gasteiger partial charge is 0.266 e. The topological polar surface area (TPSA) is 84.1 Å². The molecule has 3 rings (SSSR count). The molecule has 106 valence electrons. The fourth-order valence-corrected chi connectivity index (χ4v) is 3.27. The Bertz CT molecular complexity index is 595. The molecule has 7 nitrogen and oxygen atoms in total. The summed E-state index contributed by atoms with van der Waals surface area (Å²) < 4.78 is 1.49. The van der Waals surface area contributed by atoms with E-state index < -0.39 is 0 Å². The maximum atomic E-state index is 12.6. The number of hydrogen-bond donors (Lipinski definition) is 1. The van der Waals surface area contributed by atoms with Gasteiger partial charge in [-0.05, 0) is 35.2 Å². The van der Waals surface area contributed by atoms with Crippen LogP contribution < -0.4 is 0 Å². The van der Waals surface area contributed by atoms with Crippen molar-refractivity contribution < 1.29 is 9.90 Å². The highest BCUT2D eigenvalue weighted by Crippen LogP contribution is 2.26. The molecule has 1 amide bonds. The number of carbonyl (C=O) groups excluding carboxylic acids is 1. The van der Waals surface area contributed by atoms with Crippen molar-refractivity contribution in [3.05, 3.63) is 22.7 Å². The molecule has 1 saturated heterocycles. The van der Waals surface area contributed by atoms with Crippen LogP contribution in [0.2, 0.25) is 0 Å². The molecule has 0 aromatic carbocycles. The highest BCUT2D eigenvalue weighted by atomic mass is 32.1. The normalized spacial score (nSPS) is 20.3. The Morgan fingerprint density at radius 1 is 1.60 bits per heavy atom. The number of likely N-dealkylation sites (tertiary alicyclic amines) is 1. The summed E-state index contributed by atoms with van der Waals surface area (Å²) in [5.74, 6) is 0.143. The summed E-state index contributed by atoms with van der Waals surface area (Å²) in [4.78, 5) is 15.0. The lowest BCUT2D eigenvalue weighted by molar-refractivity contribution is 0.0767. The standard InChI is InChI=1S/C12H15N5O2S/c1-8(18)9-2-4-16(6-9)12(19)11-10(3-5-20-11)17-7-13-14-15-17/h3,5,7-9,18H,2,4,6H2,1H3. The quantitative estimate of drug-likeness (QED) is 0.894. The maximum Gasteiger partial charge on any atom is 0.266 e. The Kier molecular flexibility index (Phi) is 3.49. The lowest BCUT2D eigenvalue weighted by atomic mass is 10.0. The van der Waals surface area contributed by atoms with E-state index >= 15 is 0 Å². The zero-order valence-corrected chi connectivity index (χ0v) is 11.8. The van der Waals surface area contributed by atoms with Crippen LogP contribution in [0.3, 0.4) is 0 Å². The predicted molar refractivity (Wildman–Crippen MR) is 72.7 cm³/mol. The minimum absolute atomic E-state index is 0.0198. The molecule has 0 saturated carbocycles. The van der Waals surface area contributed by atoms with Gasteiger partial charge in [0.05, 0.1) is 11.8 Å². The Hall–Kier alpha value is -1.80. The van der Waals surface area contributed by atoms with E-state index in [1.807, 2.05) is 11.4 Å². The van der Waals surface area contributed by atoms with Crippen molar-refractivity contribution in [1.29, 1.82) is 0 Å². The molecule has 1 aliphatic heterocycles. The van der Waals surface area contributed by atoms with Crippen LogP contribution in [-0.2, 0) is 0 Å². The van der Waals surface area contributed by atoms with Crippen LogP contribution in [0.25, 0.3) is 5.69 Å². The van der Waals surface area contributed by atoms with Gasteiger partial charge in [0.1, 0.15) is 11.2 Å². The van der Waals surface area contributed by atoms with Crippen molar-refractivity contribution in [3.8, 4) is 5.69 Å². The number of nitrogens with zero attached hydrogens (tertiary/aromatic N) is 5. The number of amides is 1. The molecule has 2 unspecified atom stereocenters. The van der Waals surface area contributed by atoms with Crippen LogP contribution in [0.1, 0.15) is 23.0 Å². The van der Waals surface area contributed by atoms with Gasteiger partial charge in [-0.25, -0.2) is 0 Å². The Labute approximate surface area is 119 Å². The third kappa shape index (κ3) is 2.32. The number of thiophene rings is 1. The molecule has 3 heterocycles. The molecular formula is C12H15N5O2S. The fraction of sp³-hybridized carbons (Fsp3) is 0.500. The number of aliphatic hydroxyl groups excluding tert-OH is 1. The summed E-state index contributed by atoms with van der Waals surface area (Å²) >= 11 is 1.38. The van der Waals surface area contributed by atoms with Crippen LogP contribution in [0.15, 0.2) is 17.8 Å². The van der Waals surface area contributed by atoms with Crippen molar-refractivity contribution in [3.63, 3.8) is 0 Å². The van der Waals surface area contributed by atoms with E-state index in [2.05, 4.69) is 15.5 Å². The van der Waals surface area contributed by atoms with E-state index in [0.717, 1.165) is 6.42 Å². The van der Waals surface area contributed by atoms with Gasteiger partial charge in [0, 0.05) is 19.0 Å². The van der Waals surface area contributed by atoms with Gasteiger partial charge in [0.2, 0.25) is 0 Å². The Morgan fingerprint density at radius 2 is 2.45 bits per heavy atom. The minimum Gasteiger partial charge on any atom is -0.393 e. The van der Waals surface area contributed by atoms with Crippen LogP contribution in [0, 0.1) is 5.92 Å². The van der Waals surface area contributed by atoms with Crippen molar-refractivity contribution >= 4 is 17.2 Å². The van der Waals surface area contributed by atoms with E-state index in [4.69, 9.17) is 0 Å². The second-order valence-corrected chi connectivity index (χ2v) is 5.85. The van der Waals surface area contributed by atoms with Crippen molar-refractivity contribution in [2.24, 2.45) is 5.92 Å². The second-order valence-electron chi connectivity index (χ2n) is 4.93. The molecule has 2 aromatic rings. The molecule has 2 aromatic heterocycles. The van der Waals surface area contributed by atoms with Crippen LogP contribution in [-0.4, -0.2) is 55.3 Å². The molecule has 0 aliphatic carbocycles. The first-order valence-electron chi connectivity index (χ1n) is 6.45.